The summed E-state index contributed by atoms with van der Waals surface area (Å²) in [6.45, 7) is 4.70. The van der Waals surface area contributed by atoms with Crippen LogP contribution in [0.25, 0.3) is 0 Å². The molecule has 0 unspecified atom stereocenters. The van der Waals surface area contributed by atoms with Crippen molar-refractivity contribution in [1.29, 1.82) is 0 Å². The lowest BCUT2D eigenvalue weighted by Gasteiger charge is -2.08. The van der Waals surface area contributed by atoms with Crippen molar-refractivity contribution in [2.24, 2.45) is 0 Å². The Morgan fingerprint density at radius 1 is 1.15 bits per heavy atom. The lowest BCUT2D eigenvalue weighted by Crippen LogP contribution is -1.97. The minimum Gasteiger partial charge on any atom is -0.489 e. The van der Waals surface area contributed by atoms with Gasteiger partial charge in [-0.25, -0.2) is 0 Å². The number of rotatable bonds is 5. The molecule has 0 bridgehead atoms. The monoisotopic (exact) mass is 271 g/mol. The molecule has 0 aliphatic heterocycles. The molecule has 0 saturated heterocycles. The Morgan fingerprint density at radius 3 is 2.45 bits per heavy atom. The van der Waals surface area contributed by atoms with Gasteiger partial charge in [0.15, 0.2) is 0 Å². The van der Waals surface area contributed by atoms with Crippen molar-refractivity contribution in [2.75, 3.05) is 0 Å². The topological polar surface area (TPSA) is 52.4 Å². The highest BCUT2D eigenvalue weighted by Crippen LogP contribution is 2.21. The van der Waals surface area contributed by atoms with E-state index in [4.69, 9.17) is 4.74 Å². The zero-order valence-corrected chi connectivity index (χ0v) is 11.6. The molecule has 2 rings (SSSR count). The van der Waals surface area contributed by atoms with Crippen LogP contribution in [0.1, 0.15) is 30.9 Å². The molecular weight excluding hydrogens is 254 g/mol. The minimum absolute atomic E-state index is 0.0395. The number of non-ortho nitro benzene ring substituents is 1. The molecule has 0 N–H and O–H groups in total. The summed E-state index contributed by atoms with van der Waals surface area (Å²) in [4.78, 5) is 10.3. The summed E-state index contributed by atoms with van der Waals surface area (Å²) in [6.07, 6.45) is 0. The third-order valence-corrected chi connectivity index (χ3v) is 3.08. The molecule has 0 spiro atoms. The summed E-state index contributed by atoms with van der Waals surface area (Å²) in [5.41, 5.74) is 2.36. The van der Waals surface area contributed by atoms with Gasteiger partial charge in [0.2, 0.25) is 0 Å². The molecule has 4 nitrogen and oxygen atoms in total. The summed E-state index contributed by atoms with van der Waals surface area (Å²) in [5, 5.41) is 10.7. The predicted molar refractivity (Wildman–Crippen MR) is 78.0 cm³/mol. The second kappa shape index (κ2) is 6.19. The molecule has 20 heavy (non-hydrogen) atoms. The third-order valence-electron chi connectivity index (χ3n) is 3.08. The van der Waals surface area contributed by atoms with Crippen LogP contribution in [-0.4, -0.2) is 4.92 Å². The first-order valence-corrected chi connectivity index (χ1v) is 6.52. The minimum atomic E-state index is -0.426. The van der Waals surface area contributed by atoms with E-state index in [1.54, 1.807) is 12.1 Å². The number of nitro benzene ring substituents is 1. The maximum atomic E-state index is 10.7. The fourth-order valence-electron chi connectivity index (χ4n) is 1.85. The second-order valence-electron chi connectivity index (χ2n) is 4.94. The molecule has 0 amide bonds. The van der Waals surface area contributed by atoms with Crippen LogP contribution < -0.4 is 4.74 Å². The standard InChI is InChI=1S/C16H17NO3/c1-12(2)14-8-6-13(7-9-14)11-20-16-5-3-4-15(10-16)17(18)19/h3-10,12H,11H2,1-2H3. The zero-order valence-electron chi connectivity index (χ0n) is 11.6. The Bertz CT molecular complexity index is 591. The first-order chi connectivity index (χ1) is 9.56. The number of hydrogen-bond donors (Lipinski definition) is 0. The largest absolute Gasteiger partial charge is 0.489 e. The molecular formula is C16H17NO3. The molecule has 0 aliphatic rings. The van der Waals surface area contributed by atoms with Crippen molar-refractivity contribution in [3.8, 4) is 5.75 Å². The predicted octanol–water partition coefficient (Wildman–Crippen LogP) is 4.30. The van der Waals surface area contributed by atoms with Gasteiger partial charge in [-0.2, -0.15) is 0 Å². The second-order valence-corrected chi connectivity index (χ2v) is 4.94. The van der Waals surface area contributed by atoms with Gasteiger partial charge in [0, 0.05) is 6.07 Å². The summed E-state index contributed by atoms with van der Waals surface area (Å²) >= 11 is 0. The normalized spacial score (nSPS) is 10.6. The van der Waals surface area contributed by atoms with E-state index < -0.39 is 4.92 Å². The summed E-state index contributed by atoms with van der Waals surface area (Å²) in [7, 11) is 0. The van der Waals surface area contributed by atoms with E-state index in [9.17, 15) is 10.1 Å². The van der Waals surface area contributed by atoms with E-state index in [1.165, 1.54) is 17.7 Å². The molecule has 4 heteroatoms. The van der Waals surface area contributed by atoms with Gasteiger partial charge >= 0.3 is 0 Å². The van der Waals surface area contributed by atoms with Crippen LogP contribution in [0.2, 0.25) is 0 Å². The average molecular weight is 271 g/mol. The van der Waals surface area contributed by atoms with Crippen molar-refractivity contribution >= 4 is 5.69 Å². The van der Waals surface area contributed by atoms with Crippen molar-refractivity contribution in [1.82, 2.24) is 0 Å². The van der Waals surface area contributed by atoms with Crippen molar-refractivity contribution in [3.63, 3.8) is 0 Å². The van der Waals surface area contributed by atoms with Crippen LogP contribution in [0.15, 0.2) is 48.5 Å². The highest BCUT2D eigenvalue weighted by atomic mass is 16.6. The zero-order chi connectivity index (χ0) is 14.5. The van der Waals surface area contributed by atoms with Gasteiger partial charge in [-0.3, -0.25) is 10.1 Å². The van der Waals surface area contributed by atoms with Crippen molar-refractivity contribution < 1.29 is 9.66 Å². The average Bonchev–Trinajstić information content (AvgIpc) is 2.46. The van der Waals surface area contributed by atoms with Crippen LogP contribution in [0.3, 0.4) is 0 Å². The smallest absolute Gasteiger partial charge is 0.273 e. The van der Waals surface area contributed by atoms with Crippen molar-refractivity contribution in [3.05, 3.63) is 69.8 Å². The molecule has 0 fully saturated rings. The van der Waals surface area contributed by atoms with Crippen LogP contribution in [-0.2, 0) is 6.61 Å². The van der Waals surface area contributed by atoms with Gasteiger partial charge < -0.3 is 4.74 Å². The van der Waals surface area contributed by atoms with Gasteiger partial charge in [0.25, 0.3) is 5.69 Å². The number of nitrogens with zero attached hydrogens (tertiary/aromatic N) is 1. The number of ether oxygens (including phenoxy) is 1. The fraction of sp³-hybridized carbons (Fsp3) is 0.250. The molecule has 0 saturated carbocycles. The lowest BCUT2D eigenvalue weighted by atomic mass is 10.0. The van der Waals surface area contributed by atoms with Gasteiger partial charge in [-0.05, 0) is 23.1 Å². The highest BCUT2D eigenvalue weighted by Gasteiger charge is 2.06. The molecule has 0 aliphatic carbocycles. The maximum Gasteiger partial charge on any atom is 0.273 e. The Balaban J connectivity index is 2.01. The molecule has 0 radical (unpaired) electrons. The van der Waals surface area contributed by atoms with E-state index in [0.29, 0.717) is 18.3 Å². The Hall–Kier alpha value is -2.36. The van der Waals surface area contributed by atoms with Crippen molar-refractivity contribution in [2.45, 2.75) is 26.4 Å². The highest BCUT2D eigenvalue weighted by molar-refractivity contribution is 5.38. The molecule has 2 aromatic carbocycles. The van der Waals surface area contributed by atoms with Gasteiger partial charge in [0.05, 0.1) is 11.0 Å². The molecule has 104 valence electrons. The number of nitro groups is 1. The summed E-state index contributed by atoms with van der Waals surface area (Å²) in [6, 6.07) is 14.4. The Kier molecular flexibility index (Phi) is 4.35. The summed E-state index contributed by atoms with van der Waals surface area (Å²) in [5.74, 6) is 1.01. The van der Waals surface area contributed by atoms with E-state index in [2.05, 4.69) is 26.0 Å². The van der Waals surface area contributed by atoms with E-state index in [-0.39, 0.29) is 5.69 Å². The Morgan fingerprint density at radius 2 is 1.85 bits per heavy atom. The van der Waals surface area contributed by atoms with Crippen LogP contribution >= 0.6 is 0 Å². The number of benzene rings is 2. The third kappa shape index (κ3) is 3.57. The molecule has 0 heterocycles. The first-order valence-electron chi connectivity index (χ1n) is 6.52. The lowest BCUT2D eigenvalue weighted by molar-refractivity contribution is -0.384. The number of hydrogen-bond acceptors (Lipinski definition) is 3. The maximum absolute atomic E-state index is 10.7. The Labute approximate surface area is 118 Å². The van der Waals surface area contributed by atoms with Crippen LogP contribution in [0.4, 0.5) is 5.69 Å². The van der Waals surface area contributed by atoms with Gasteiger partial charge in [-0.1, -0.05) is 44.2 Å². The van der Waals surface area contributed by atoms with E-state index >= 15 is 0 Å². The molecule has 0 atom stereocenters. The van der Waals surface area contributed by atoms with Gasteiger partial charge in [-0.15, -0.1) is 0 Å². The van der Waals surface area contributed by atoms with Crippen LogP contribution in [0, 0.1) is 10.1 Å². The van der Waals surface area contributed by atoms with Crippen LogP contribution in [0.5, 0.6) is 5.75 Å². The summed E-state index contributed by atoms with van der Waals surface area (Å²) < 4.78 is 5.58. The molecule has 2 aromatic rings. The fourth-order valence-corrected chi connectivity index (χ4v) is 1.85. The van der Waals surface area contributed by atoms with E-state index in [1.807, 2.05) is 12.1 Å². The molecule has 0 aromatic heterocycles. The quantitative estimate of drug-likeness (QED) is 0.602. The van der Waals surface area contributed by atoms with Gasteiger partial charge in [0.1, 0.15) is 12.4 Å². The SMILES string of the molecule is CC(C)c1ccc(COc2cccc([N+](=O)[O-])c2)cc1. The first kappa shape index (κ1) is 14.1. The van der Waals surface area contributed by atoms with E-state index in [0.717, 1.165) is 5.56 Å².